The van der Waals surface area contributed by atoms with Gasteiger partial charge in [-0.1, -0.05) is 0 Å². The van der Waals surface area contributed by atoms with Gasteiger partial charge < -0.3 is 19.2 Å². The van der Waals surface area contributed by atoms with Gasteiger partial charge in [-0.05, 0) is 0 Å². The summed E-state index contributed by atoms with van der Waals surface area (Å²) in [7, 11) is -5.39. The van der Waals surface area contributed by atoms with Gasteiger partial charge in [0, 0.05) is 0 Å². The van der Waals surface area contributed by atoms with Crippen LogP contribution >= 0.6 is 7.82 Å². The van der Waals surface area contributed by atoms with E-state index in [-0.39, 0.29) is 21.7 Å². The molecule has 33 valence electrons. The van der Waals surface area contributed by atoms with Gasteiger partial charge in [0.25, 0.3) is 0 Å². The topological polar surface area (TPSA) is 86.2 Å². The smallest absolute Gasteiger partial charge is 0.822 e. The van der Waals surface area contributed by atoms with Crippen LogP contribution in [-0.4, -0.2) is 0 Å². The normalized spacial score (nSPS) is 9.83. The Hall–Kier alpha value is 0.824. The molecule has 0 saturated carbocycles. The molecule has 0 aromatic rings. The van der Waals surface area contributed by atoms with Gasteiger partial charge in [-0.2, -0.15) is 7.82 Å². The second-order valence-electron chi connectivity index (χ2n) is 0.447. The summed E-state index contributed by atoms with van der Waals surface area (Å²) in [5, 5.41) is 0. The average molecular weight is 143 g/mol. The molecule has 0 aliphatic heterocycles. The Morgan fingerprint density at radius 3 is 1.17 bits per heavy atom. The summed E-state index contributed by atoms with van der Waals surface area (Å²) in [5.74, 6) is 0. The van der Waals surface area contributed by atoms with E-state index in [1.165, 1.54) is 0 Å². The van der Waals surface area contributed by atoms with Crippen molar-refractivity contribution >= 4 is 7.82 Å². The molecule has 0 aromatic heterocycles. The number of phosphoric acid groups is 1. The summed E-state index contributed by atoms with van der Waals surface area (Å²) in [6.07, 6.45) is 0. The quantitative estimate of drug-likeness (QED) is 0.270. The van der Waals surface area contributed by atoms with E-state index in [0.717, 1.165) is 0 Å². The van der Waals surface area contributed by atoms with Crippen LogP contribution in [0.5, 0.6) is 0 Å². The third kappa shape index (κ3) is 104. The molecule has 6 heavy (non-hydrogen) atoms. The van der Waals surface area contributed by atoms with Gasteiger partial charge in [0.05, 0.1) is 0 Å². The predicted molar refractivity (Wildman–Crippen MR) is 7.61 cm³/mol. The first-order chi connectivity index (χ1) is 2.00. The summed E-state index contributed by atoms with van der Waals surface area (Å²) in [6.45, 7) is 0. The number of hydrogen-bond donors (Lipinski definition) is 0. The minimum Gasteiger partial charge on any atom is -0.822 e. The van der Waals surface area contributed by atoms with Crippen molar-refractivity contribution in [1.82, 2.24) is 0 Å². The Balaban J connectivity index is 0. The summed E-state index contributed by atoms with van der Waals surface area (Å²) in [6, 6.07) is 0. The summed E-state index contributed by atoms with van der Waals surface area (Å²) < 4.78 is 8.55. The van der Waals surface area contributed by atoms with Gasteiger partial charge >= 0.3 is 21.7 Å². The van der Waals surface area contributed by atoms with Crippen LogP contribution < -0.4 is 14.7 Å². The molecule has 0 N–H and O–H groups in total. The Kier molecular flexibility index (Phi) is 4.83. The first kappa shape index (κ1) is 9.95. The Morgan fingerprint density at radius 2 is 1.17 bits per heavy atom. The van der Waals surface area contributed by atoms with E-state index >= 15 is 0 Å². The van der Waals surface area contributed by atoms with E-state index in [9.17, 15) is 0 Å². The van der Waals surface area contributed by atoms with E-state index in [2.05, 4.69) is 0 Å². The SMILES string of the molecule is O=P([O-])([O-])[O-].[Ti+3]. The Morgan fingerprint density at radius 1 is 1.17 bits per heavy atom. The molecule has 0 spiro atoms. The third-order valence-electron chi connectivity index (χ3n) is 0. The van der Waals surface area contributed by atoms with Crippen LogP contribution in [0, 0.1) is 0 Å². The number of hydrogen-bond acceptors (Lipinski definition) is 4. The van der Waals surface area contributed by atoms with Crippen molar-refractivity contribution in [3.05, 3.63) is 0 Å². The zero-order chi connectivity index (χ0) is 4.50. The van der Waals surface area contributed by atoms with Crippen LogP contribution in [0.2, 0.25) is 0 Å². The molecule has 0 aliphatic rings. The molecule has 0 fully saturated rings. The molecular formula is O4PTi. The van der Waals surface area contributed by atoms with Gasteiger partial charge in [-0.15, -0.1) is 0 Å². The predicted octanol–water partition coefficient (Wildman–Crippen LogP) is -2.83. The van der Waals surface area contributed by atoms with Gasteiger partial charge in [0.15, 0.2) is 0 Å². The molecule has 0 aromatic carbocycles. The van der Waals surface area contributed by atoms with Gasteiger partial charge in [-0.25, -0.2) is 0 Å². The van der Waals surface area contributed by atoms with Crippen LogP contribution in [0.4, 0.5) is 0 Å². The van der Waals surface area contributed by atoms with E-state index in [0.29, 0.717) is 0 Å². The van der Waals surface area contributed by atoms with E-state index < -0.39 is 7.82 Å². The second-order valence-corrected chi connectivity index (χ2v) is 1.34. The molecule has 0 saturated heterocycles. The van der Waals surface area contributed by atoms with Gasteiger partial charge in [0.1, 0.15) is 0 Å². The maximum atomic E-state index is 8.55. The molecule has 0 unspecified atom stereocenters. The van der Waals surface area contributed by atoms with Crippen molar-refractivity contribution in [3.63, 3.8) is 0 Å². The van der Waals surface area contributed by atoms with E-state index in [1.54, 1.807) is 0 Å². The third-order valence-corrected chi connectivity index (χ3v) is 0. The minimum atomic E-state index is -5.39. The molecule has 0 amide bonds. The largest absolute Gasteiger partial charge is 3.00 e. The molecular weight excluding hydrogens is 143 g/mol. The van der Waals surface area contributed by atoms with Crippen molar-refractivity contribution in [3.8, 4) is 0 Å². The minimum absolute atomic E-state index is 0. The maximum Gasteiger partial charge on any atom is 3.00 e. The molecule has 4 nitrogen and oxygen atoms in total. The Bertz CT molecular complexity index is 53.7. The second kappa shape index (κ2) is 2.91. The van der Waals surface area contributed by atoms with Crippen molar-refractivity contribution in [2.75, 3.05) is 0 Å². The first-order valence-electron chi connectivity index (χ1n) is 0.730. The van der Waals surface area contributed by atoms with Crippen molar-refractivity contribution in [2.45, 2.75) is 0 Å². The fraction of sp³-hybridized carbons (Fsp3) is 0. The average Bonchev–Trinajstić information content (AvgIpc) is 0.722. The summed E-state index contributed by atoms with van der Waals surface area (Å²) in [5.41, 5.74) is 0. The molecule has 0 bridgehead atoms. The first-order valence-corrected chi connectivity index (χ1v) is 2.19. The zero-order valence-electron chi connectivity index (χ0n) is 2.58. The zero-order valence-corrected chi connectivity index (χ0v) is 5.04. The summed E-state index contributed by atoms with van der Waals surface area (Å²) >= 11 is 0. The van der Waals surface area contributed by atoms with Gasteiger partial charge in [0.2, 0.25) is 0 Å². The van der Waals surface area contributed by atoms with Crippen molar-refractivity contribution in [1.29, 1.82) is 0 Å². The molecule has 1 radical (unpaired) electrons. The van der Waals surface area contributed by atoms with E-state index in [4.69, 9.17) is 19.2 Å². The van der Waals surface area contributed by atoms with Crippen LogP contribution in [0.1, 0.15) is 0 Å². The molecule has 0 aliphatic carbocycles. The van der Waals surface area contributed by atoms with Crippen LogP contribution in [0.15, 0.2) is 0 Å². The van der Waals surface area contributed by atoms with Crippen LogP contribution in [0.3, 0.4) is 0 Å². The maximum absolute atomic E-state index is 8.55. The standard InChI is InChI=1S/H3O4P.Ti/c1-5(2,3)4;/h(H3,1,2,3,4);/q;+3/p-3. The van der Waals surface area contributed by atoms with Crippen LogP contribution in [0.25, 0.3) is 0 Å². The molecule has 0 atom stereocenters. The molecule has 0 heterocycles. The van der Waals surface area contributed by atoms with Crippen molar-refractivity contribution in [2.24, 2.45) is 0 Å². The Labute approximate surface area is 49.3 Å². The van der Waals surface area contributed by atoms with Gasteiger partial charge in [-0.3, -0.25) is 0 Å². The number of rotatable bonds is 0. The summed E-state index contributed by atoms with van der Waals surface area (Å²) in [4.78, 5) is 25.6. The van der Waals surface area contributed by atoms with Crippen LogP contribution in [-0.2, 0) is 26.3 Å². The molecule has 0 rings (SSSR count). The monoisotopic (exact) mass is 143 g/mol. The fourth-order valence-electron chi connectivity index (χ4n) is 0. The molecule has 6 heteroatoms. The fourth-order valence-corrected chi connectivity index (χ4v) is 0. The van der Waals surface area contributed by atoms with E-state index in [1.807, 2.05) is 0 Å². The van der Waals surface area contributed by atoms with Crippen molar-refractivity contribution < 1.29 is 41.0 Å².